The van der Waals surface area contributed by atoms with Crippen LogP contribution in [-0.2, 0) is 35.5 Å². The minimum Gasteiger partial charge on any atom is -1.00 e. The number of Topliss-reactive ketones (excluding diaryl/α,β-unsaturated/α-hetero) is 2. The van der Waals surface area contributed by atoms with Crippen LogP contribution in [0.3, 0.4) is 0 Å². The molecular formula is C18H22Cl2N2O2. The quantitative estimate of drug-likeness (QED) is 0.460. The number of aryl methyl sites for hydroxylation is 2. The topological polar surface area (TPSA) is 41.9 Å². The SMILES string of the molecule is CC(=O)C[n+]1ccc(CCc2cc[n+](CC(C)=O)cc2)cc1.[Cl-].[Cl-]. The fraction of sp³-hybridized carbons (Fsp3) is 0.333. The average Bonchev–Trinajstić information content (AvgIpc) is 2.47. The Kier molecular flexibility index (Phi) is 10.1. The molecule has 0 aliphatic rings. The van der Waals surface area contributed by atoms with E-state index >= 15 is 0 Å². The van der Waals surface area contributed by atoms with Gasteiger partial charge in [0.15, 0.2) is 36.4 Å². The Balaban J connectivity index is 0.00000264. The third-order valence-electron chi connectivity index (χ3n) is 3.43. The number of ketones is 2. The molecule has 0 N–H and O–H groups in total. The second-order valence-corrected chi connectivity index (χ2v) is 5.66. The van der Waals surface area contributed by atoms with Gasteiger partial charge in [-0.15, -0.1) is 0 Å². The summed E-state index contributed by atoms with van der Waals surface area (Å²) in [4.78, 5) is 22.1. The standard InChI is InChI=1S/C18H22N2O2.2ClH/c1-15(21)13-19-9-5-17(6-10-19)3-4-18-7-11-20(12-8-18)14-16(2)22;;/h5-12H,3-4,13-14H2,1-2H3;2*1H/q+2;;/p-2. The molecule has 0 bridgehead atoms. The van der Waals surface area contributed by atoms with E-state index in [4.69, 9.17) is 0 Å². The van der Waals surface area contributed by atoms with Gasteiger partial charge in [-0.3, -0.25) is 9.59 Å². The number of hydrogen-bond donors (Lipinski definition) is 0. The molecule has 24 heavy (non-hydrogen) atoms. The van der Waals surface area contributed by atoms with Crippen LogP contribution in [0.25, 0.3) is 0 Å². The lowest BCUT2D eigenvalue weighted by Gasteiger charge is -2.01. The maximum atomic E-state index is 11.1. The van der Waals surface area contributed by atoms with Crippen molar-refractivity contribution in [3.8, 4) is 0 Å². The van der Waals surface area contributed by atoms with Crippen LogP contribution < -0.4 is 33.9 Å². The summed E-state index contributed by atoms with van der Waals surface area (Å²) in [6.07, 6.45) is 9.70. The molecule has 0 saturated heterocycles. The molecule has 130 valence electrons. The van der Waals surface area contributed by atoms with Crippen LogP contribution in [0.1, 0.15) is 25.0 Å². The van der Waals surface area contributed by atoms with Crippen LogP contribution in [0.4, 0.5) is 0 Å². The van der Waals surface area contributed by atoms with Crippen molar-refractivity contribution in [2.75, 3.05) is 0 Å². The Morgan fingerprint density at radius 3 is 1.25 bits per heavy atom. The fourth-order valence-electron chi connectivity index (χ4n) is 2.32. The molecule has 2 rings (SSSR count). The van der Waals surface area contributed by atoms with E-state index in [9.17, 15) is 9.59 Å². The number of nitrogens with zero attached hydrogens (tertiary/aromatic N) is 2. The van der Waals surface area contributed by atoms with Gasteiger partial charge in [0.25, 0.3) is 0 Å². The highest BCUT2D eigenvalue weighted by atomic mass is 35.5. The average molecular weight is 369 g/mol. The zero-order valence-corrected chi connectivity index (χ0v) is 15.4. The van der Waals surface area contributed by atoms with E-state index < -0.39 is 0 Å². The third kappa shape index (κ3) is 7.66. The predicted octanol–water partition coefficient (Wildman–Crippen LogP) is -4.77. The van der Waals surface area contributed by atoms with Crippen LogP contribution in [-0.4, -0.2) is 11.6 Å². The summed E-state index contributed by atoms with van der Waals surface area (Å²) < 4.78 is 3.78. The molecule has 2 aromatic rings. The Morgan fingerprint density at radius 2 is 1.00 bits per heavy atom. The predicted molar refractivity (Wildman–Crippen MR) is 82.0 cm³/mol. The normalized spacial score (nSPS) is 9.58. The molecule has 0 atom stereocenters. The molecular weight excluding hydrogens is 347 g/mol. The van der Waals surface area contributed by atoms with Gasteiger partial charge in [0.2, 0.25) is 13.1 Å². The van der Waals surface area contributed by atoms with E-state index in [2.05, 4.69) is 24.3 Å². The van der Waals surface area contributed by atoms with E-state index in [1.165, 1.54) is 11.1 Å². The Labute approximate surface area is 155 Å². The van der Waals surface area contributed by atoms with E-state index in [-0.39, 0.29) is 36.4 Å². The van der Waals surface area contributed by atoms with Gasteiger partial charge < -0.3 is 24.8 Å². The van der Waals surface area contributed by atoms with E-state index in [1.54, 1.807) is 13.8 Å². The number of carbonyl (C=O) groups excluding carboxylic acids is 2. The maximum Gasteiger partial charge on any atom is 0.206 e. The zero-order chi connectivity index (χ0) is 15.9. The highest BCUT2D eigenvalue weighted by Gasteiger charge is 2.06. The number of pyridine rings is 2. The second-order valence-electron chi connectivity index (χ2n) is 5.66. The van der Waals surface area contributed by atoms with Crippen molar-refractivity contribution in [1.82, 2.24) is 0 Å². The van der Waals surface area contributed by atoms with E-state index in [1.807, 2.05) is 33.9 Å². The first-order valence-electron chi connectivity index (χ1n) is 7.48. The number of hydrogen-bond acceptors (Lipinski definition) is 2. The molecule has 0 fully saturated rings. The highest BCUT2D eigenvalue weighted by molar-refractivity contribution is 5.74. The van der Waals surface area contributed by atoms with Gasteiger partial charge in [-0.25, -0.2) is 0 Å². The molecule has 0 spiro atoms. The van der Waals surface area contributed by atoms with Crippen molar-refractivity contribution in [3.63, 3.8) is 0 Å². The van der Waals surface area contributed by atoms with E-state index in [0.717, 1.165) is 12.8 Å². The number of carbonyl (C=O) groups is 2. The molecule has 0 aliphatic heterocycles. The van der Waals surface area contributed by atoms with Gasteiger partial charge in [-0.1, -0.05) is 0 Å². The van der Waals surface area contributed by atoms with Gasteiger partial charge >= 0.3 is 0 Å². The number of rotatable bonds is 7. The lowest BCUT2D eigenvalue weighted by molar-refractivity contribution is -0.684. The first-order valence-corrected chi connectivity index (χ1v) is 7.48. The maximum absolute atomic E-state index is 11.1. The molecule has 0 saturated carbocycles. The Bertz CT molecular complexity index is 596. The van der Waals surface area contributed by atoms with E-state index in [0.29, 0.717) is 13.1 Å². The van der Waals surface area contributed by atoms with Gasteiger partial charge in [0.05, 0.1) is 0 Å². The Hall–Kier alpha value is -1.78. The molecule has 0 aromatic carbocycles. The summed E-state index contributed by atoms with van der Waals surface area (Å²) in [5.74, 6) is 0.307. The van der Waals surface area contributed by atoms with Crippen LogP contribution in [0, 0.1) is 0 Å². The lowest BCUT2D eigenvalue weighted by Crippen LogP contribution is -3.00. The first-order chi connectivity index (χ1) is 10.5. The molecule has 0 radical (unpaired) electrons. The largest absolute Gasteiger partial charge is 1.00 e. The molecule has 2 aromatic heterocycles. The molecule has 4 nitrogen and oxygen atoms in total. The van der Waals surface area contributed by atoms with Crippen molar-refractivity contribution in [3.05, 3.63) is 60.2 Å². The lowest BCUT2D eigenvalue weighted by atomic mass is 10.1. The molecule has 6 heteroatoms. The summed E-state index contributed by atoms with van der Waals surface area (Å²) in [6, 6.07) is 8.23. The van der Waals surface area contributed by atoms with Crippen molar-refractivity contribution in [2.45, 2.75) is 39.8 Å². The molecule has 0 amide bonds. The van der Waals surface area contributed by atoms with Crippen LogP contribution in [0.5, 0.6) is 0 Å². The van der Waals surface area contributed by atoms with Crippen molar-refractivity contribution < 1.29 is 43.5 Å². The van der Waals surface area contributed by atoms with Crippen LogP contribution in [0.2, 0.25) is 0 Å². The van der Waals surface area contributed by atoms with Crippen molar-refractivity contribution in [2.24, 2.45) is 0 Å². The number of aromatic nitrogens is 2. The smallest absolute Gasteiger partial charge is 0.206 e. The molecule has 0 unspecified atom stereocenters. The first kappa shape index (κ1) is 22.2. The number of halogens is 2. The summed E-state index contributed by atoms with van der Waals surface area (Å²) in [7, 11) is 0. The highest BCUT2D eigenvalue weighted by Crippen LogP contribution is 2.04. The summed E-state index contributed by atoms with van der Waals surface area (Å²) in [5.41, 5.74) is 2.50. The minimum absolute atomic E-state index is 0. The summed E-state index contributed by atoms with van der Waals surface area (Å²) >= 11 is 0. The van der Waals surface area contributed by atoms with Crippen LogP contribution in [0.15, 0.2) is 49.1 Å². The molecule has 0 aliphatic carbocycles. The summed E-state index contributed by atoms with van der Waals surface area (Å²) in [5, 5.41) is 0. The third-order valence-corrected chi connectivity index (χ3v) is 3.43. The van der Waals surface area contributed by atoms with Gasteiger partial charge in [-0.05, 0) is 24.0 Å². The Morgan fingerprint density at radius 1 is 0.708 bits per heavy atom. The second kappa shape index (κ2) is 10.9. The van der Waals surface area contributed by atoms with Crippen molar-refractivity contribution >= 4 is 11.6 Å². The van der Waals surface area contributed by atoms with Crippen LogP contribution >= 0.6 is 0 Å². The minimum atomic E-state index is 0. The summed E-state index contributed by atoms with van der Waals surface area (Å²) in [6.45, 7) is 4.04. The monoisotopic (exact) mass is 368 g/mol. The van der Waals surface area contributed by atoms with Gasteiger partial charge in [0, 0.05) is 38.1 Å². The van der Waals surface area contributed by atoms with Gasteiger partial charge in [0.1, 0.15) is 0 Å². The fourth-order valence-corrected chi connectivity index (χ4v) is 2.32. The van der Waals surface area contributed by atoms with Crippen molar-refractivity contribution in [1.29, 1.82) is 0 Å². The zero-order valence-electron chi connectivity index (χ0n) is 13.9. The molecule has 2 heterocycles. The van der Waals surface area contributed by atoms with Gasteiger partial charge in [-0.2, -0.15) is 9.13 Å².